The number of benzene rings is 3. The van der Waals surface area contributed by atoms with E-state index in [0.717, 1.165) is 6.07 Å². The maximum atomic E-state index is 13.0. The molecule has 3 aromatic carbocycles. The van der Waals surface area contributed by atoms with Gasteiger partial charge in [-0.1, -0.05) is 70.7 Å². The molecule has 1 unspecified atom stereocenters. The molecule has 0 bridgehead atoms. The van der Waals surface area contributed by atoms with Gasteiger partial charge in [-0.15, -0.1) is 0 Å². The molecule has 0 spiro atoms. The zero-order valence-electron chi connectivity index (χ0n) is 14.3. The summed E-state index contributed by atoms with van der Waals surface area (Å²) in [6.45, 7) is 0. The summed E-state index contributed by atoms with van der Waals surface area (Å²) in [5.41, 5.74) is -0.857. The average Bonchev–Trinajstić information content (AvgIpc) is 2.59. The van der Waals surface area contributed by atoms with Crippen molar-refractivity contribution in [1.82, 2.24) is 0 Å². The molecule has 1 atom stereocenters. The fourth-order valence-corrected chi connectivity index (χ4v) is 5.65. The molecule has 152 valence electrons. The molecule has 0 saturated carbocycles. The zero-order chi connectivity index (χ0) is 21.6. The van der Waals surface area contributed by atoms with Crippen LogP contribution < -0.4 is 0 Å². The van der Waals surface area contributed by atoms with Crippen molar-refractivity contribution in [2.24, 2.45) is 0 Å². The van der Waals surface area contributed by atoms with E-state index >= 15 is 0 Å². The fraction of sp³-hybridized carbons (Fsp3) is 0.0526. The predicted octanol–water partition coefficient (Wildman–Crippen LogP) is 5.89. The highest BCUT2D eigenvalue weighted by molar-refractivity contribution is 7.87. The smallest absolute Gasteiger partial charge is 0.283 e. The van der Waals surface area contributed by atoms with E-state index in [0.29, 0.717) is 0 Å². The number of halogens is 4. The highest BCUT2D eigenvalue weighted by atomic mass is 35.5. The van der Waals surface area contributed by atoms with Crippen LogP contribution >= 0.6 is 46.4 Å². The van der Waals surface area contributed by atoms with Gasteiger partial charge in [0.05, 0.1) is 10.0 Å². The van der Waals surface area contributed by atoms with Crippen LogP contribution in [0.2, 0.25) is 20.1 Å². The van der Waals surface area contributed by atoms with E-state index in [-0.39, 0.29) is 31.2 Å². The van der Waals surface area contributed by atoms with Crippen molar-refractivity contribution < 1.29 is 23.2 Å². The molecular weight excluding hydrogens is 482 g/mol. The molecule has 0 heterocycles. The number of phenols is 2. The lowest BCUT2D eigenvalue weighted by molar-refractivity contribution is 0.428. The summed E-state index contributed by atoms with van der Waals surface area (Å²) >= 11 is 24.3. The molecule has 0 aliphatic carbocycles. The van der Waals surface area contributed by atoms with Crippen molar-refractivity contribution in [2.75, 3.05) is 0 Å². The maximum absolute atomic E-state index is 13.0. The lowest BCUT2D eigenvalue weighted by atomic mass is 9.83. The first-order valence-electron chi connectivity index (χ1n) is 7.89. The SMILES string of the molecule is O=S(=O)(O)C(c1cccc(Cl)c1)(c1cccc(Cl)c1O)c1c(O)cc(Cl)cc1Cl. The van der Waals surface area contributed by atoms with Gasteiger partial charge in [0.2, 0.25) is 0 Å². The number of hydrogen-bond donors (Lipinski definition) is 3. The number of rotatable bonds is 4. The molecule has 3 N–H and O–H groups in total. The molecule has 0 aliphatic rings. The minimum absolute atomic E-state index is 0.0295. The second-order valence-corrected chi connectivity index (χ2v) is 9.33. The Morgan fingerprint density at radius 3 is 2.03 bits per heavy atom. The van der Waals surface area contributed by atoms with Gasteiger partial charge in [0.15, 0.2) is 4.75 Å². The molecular formula is C19H12Cl4O5S. The molecule has 0 fully saturated rings. The van der Waals surface area contributed by atoms with Crippen LogP contribution in [0.4, 0.5) is 0 Å². The third-order valence-corrected chi connectivity index (χ3v) is 6.86. The first-order chi connectivity index (χ1) is 13.5. The second kappa shape index (κ2) is 7.87. The lowest BCUT2D eigenvalue weighted by Crippen LogP contribution is -2.38. The third-order valence-electron chi connectivity index (χ3n) is 4.37. The van der Waals surface area contributed by atoms with Gasteiger partial charge in [-0.3, -0.25) is 4.55 Å². The van der Waals surface area contributed by atoms with Crippen LogP contribution in [0.25, 0.3) is 0 Å². The Kier molecular flexibility index (Phi) is 5.98. The van der Waals surface area contributed by atoms with Gasteiger partial charge in [0.25, 0.3) is 10.1 Å². The molecule has 10 heteroatoms. The first kappa shape index (κ1) is 22.0. The largest absolute Gasteiger partial charge is 0.507 e. The van der Waals surface area contributed by atoms with Crippen molar-refractivity contribution in [3.05, 3.63) is 91.4 Å². The Balaban J connectivity index is 2.66. The van der Waals surface area contributed by atoms with Gasteiger partial charge in [0, 0.05) is 21.2 Å². The minimum Gasteiger partial charge on any atom is -0.507 e. The summed E-state index contributed by atoms with van der Waals surface area (Å²) in [5, 5.41) is 21.0. The van der Waals surface area contributed by atoms with Gasteiger partial charge in [-0.05, 0) is 35.9 Å². The summed E-state index contributed by atoms with van der Waals surface area (Å²) in [4.78, 5) is 0. The summed E-state index contributed by atoms with van der Waals surface area (Å²) in [5.74, 6) is -1.25. The van der Waals surface area contributed by atoms with E-state index in [4.69, 9.17) is 46.4 Å². The molecule has 5 nitrogen and oxygen atoms in total. The highest BCUT2D eigenvalue weighted by Crippen LogP contribution is 2.53. The molecule has 0 aliphatic heterocycles. The summed E-state index contributed by atoms with van der Waals surface area (Å²) in [6.07, 6.45) is 0. The standard InChI is InChI=1S/C19H12Cl4O5S/c20-11-4-1-3-10(7-11)19(29(26,27)28,13-5-2-6-14(22)18(13)25)17-15(23)8-12(21)9-16(17)24/h1-9,24-25H,(H,26,27,28). The number of para-hydroxylation sites is 1. The van der Waals surface area contributed by atoms with Crippen LogP contribution in [0.15, 0.2) is 54.6 Å². The minimum atomic E-state index is -5.16. The van der Waals surface area contributed by atoms with Gasteiger partial charge in [0.1, 0.15) is 11.5 Å². The van der Waals surface area contributed by atoms with Gasteiger partial charge < -0.3 is 10.2 Å². The molecule has 3 rings (SSSR count). The Morgan fingerprint density at radius 2 is 1.45 bits per heavy atom. The quantitative estimate of drug-likeness (QED) is 0.311. The van der Waals surface area contributed by atoms with E-state index in [1.807, 2.05) is 0 Å². The van der Waals surface area contributed by atoms with E-state index in [1.54, 1.807) is 0 Å². The summed E-state index contributed by atoms with van der Waals surface area (Å²) < 4.78 is 33.9. The van der Waals surface area contributed by atoms with Crippen LogP contribution in [-0.2, 0) is 14.9 Å². The fourth-order valence-electron chi connectivity index (χ4n) is 3.27. The Morgan fingerprint density at radius 1 is 0.793 bits per heavy atom. The van der Waals surface area contributed by atoms with Crippen LogP contribution in [0.3, 0.4) is 0 Å². The molecule has 0 saturated heterocycles. The van der Waals surface area contributed by atoms with Crippen molar-refractivity contribution >= 4 is 56.5 Å². The van der Waals surface area contributed by atoms with Gasteiger partial charge in [-0.2, -0.15) is 8.42 Å². The number of phenolic OH excluding ortho intramolecular Hbond substituents is 2. The monoisotopic (exact) mass is 492 g/mol. The third kappa shape index (κ3) is 3.65. The van der Waals surface area contributed by atoms with Crippen molar-refractivity contribution in [2.45, 2.75) is 4.75 Å². The molecule has 3 aromatic rings. The van der Waals surface area contributed by atoms with Gasteiger partial charge >= 0.3 is 0 Å². The van der Waals surface area contributed by atoms with Crippen molar-refractivity contribution in [3.63, 3.8) is 0 Å². The molecule has 0 aromatic heterocycles. The lowest BCUT2D eigenvalue weighted by Gasteiger charge is -2.34. The highest BCUT2D eigenvalue weighted by Gasteiger charge is 2.53. The van der Waals surface area contributed by atoms with Crippen LogP contribution in [0.5, 0.6) is 11.5 Å². The first-order valence-corrected chi connectivity index (χ1v) is 10.8. The summed E-state index contributed by atoms with van der Waals surface area (Å²) in [7, 11) is -5.16. The van der Waals surface area contributed by atoms with Crippen molar-refractivity contribution in [1.29, 1.82) is 0 Å². The van der Waals surface area contributed by atoms with E-state index in [9.17, 15) is 23.2 Å². The Bertz CT molecular complexity index is 1190. The van der Waals surface area contributed by atoms with Crippen LogP contribution in [0.1, 0.15) is 16.7 Å². The number of aromatic hydroxyl groups is 2. The van der Waals surface area contributed by atoms with Crippen molar-refractivity contribution in [3.8, 4) is 11.5 Å². The molecule has 29 heavy (non-hydrogen) atoms. The average molecular weight is 494 g/mol. The summed E-state index contributed by atoms with van der Waals surface area (Å²) in [6, 6.07) is 11.8. The predicted molar refractivity (Wildman–Crippen MR) is 114 cm³/mol. The topological polar surface area (TPSA) is 94.8 Å². The van der Waals surface area contributed by atoms with Crippen LogP contribution in [-0.4, -0.2) is 23.2 Å². The van der Waals surface area contributed by atoms with E-state index in [1.165, 1.54) is 48.5 Å². The second-order valence-electron chi connectivity index (χ2n) is 6.08. The Hall–Kier alpha value is -1.67. The normalized spacial score (nSPS) is 13.8. The zero-order valence-corrected chi connectivity index (χ0v) is 18.1. The van der Waals surface area contributed by atoms with Crippen LogP contribution in [0, 0.1) is 0 Å². The maximum Gasteiger partial charge on any atom is 0.283 e. The molecule has 0 amide bonds. The van der Waals surface area contributed by atoms with Gasteiger partial charge in [-0.25, -0.2) is 0 Å². The van der Waals surface area contributed by atoms with E-state index in [2.05, 4.69) is 0 Å². The number of hydrogen-bond acceptors (Lipinski definition) is 4. The van der Waals surface area contributed by atoms with E-state index < -0.39 is 31.9 Å². The Labute approximate surface area is 186 Å². The molecule has 0 radical (unpaired) electrons.